The number of likely N-dealkylation sites (tertiary alicyclic amines) is 1. The zero-order chi connectivity index (χ0) is 15.6. The second kappa shape index (κ2) is 6.10. The molecule has 0 atom stereocenters. The van der Waals surface area contributed by atoms with Crippen LogP contribution in [0.3, 0.4) is 0 Å². The molecule has 5 nitrogen and oxygen atoms in total. The summed E-state index contributed by atoms with van der Waals surface area (Å²) in [6.07, 6.45) is 3.62. The van der Waals surface area contributed by atoms with Gasteiger partial charge in [-0.25, -0.2) is 4.98 Å². The fourth-order valence-electron chi connectivity index (χ4n) is 2.74. The lowest BCUT2D eigenvalue weighted by molar-refractivity contribution is 0.0795. The maximum absolute atomic E-state index is 12.5. The van der Waals surface area contributed by atoms with Gasteiger partial charge in [-0.3, -0.25) is 9.78 Å². The molecule has 0 aliphatic carbocycles. The van der Waals surface area contributed by atoms with E-state index in [1.807, 2.05) is 13.8 Å². The number of hydrogen-bond donors (Lipinski definition) is 1. The Morgan fingerprint density at radius 2 is 1.95 bits per heavy atom. The highest BCUT2D eigenvalue weighted by atomic mass is 16.2. The van der Waals surface area contributed by atoms with Crippen LogP contribution in [0.1, 0.15) is 55.5 Å². The van der Waals surface area contributed by atoms with Crippen molar-refractivity contribution in [2.45, 2.75) is 59.0 Å². The van der Waals surface area contributed by atoms with Gasteiger partial charge in [-0.15, -0.1) is 0 Å². The minimum Gasteiger partial charge on any atom is -0.345 e. The molecule has 116 valence electrons. The van der Waals surface area contributed by atoms with E-state index in [0.717, 1.165) is 31.6 Å². The molecule has 5 heteroatoms. The van der Waals surface area contributed by atoms with Gasteiger partial charge in [0.15, 0.2) is 0 Å². The summed E-state index contributed by atoms with van der Waals surface area (Å²) in [7, 11) is 0. The highest BCUT2D eigenvalue weighted by Gasteiger charge is 2.33. The van der Waals surface area contributed by atoms with Crippen LogP contribution in [-0.2, 0) is 0 Å². The van der Waals surface area contributed by atoms with Crippen LogP contribution in [0.4, 0.5) is 0 Å². The Kier molecular flexibility index (Phi) is 4.61. The number of nitrogens with one attached hydrogen (secondary N) is 1. The van der Waals surface area contributed by atoms with E-state index >= 15 is 0 Å². The second-order valence-corrected chi connectivity index (χ2v) is 6.59. The number of piperidine rings is 1. The van der Waals surface area contributed by atoms with Crippen molar-refractivity contribution in [3.05, 3.63) is 23.3 Å². The van der Waals surface area contributed by atoms with Crippen LogP contribution in [0, 0.1) is 13.8 Å². The number of amides is 1. The number of carbonyl (C=O) groups is 1. The van der Waals surface area contributed by atoms with E-state index in [-0.39, 0.29) is 11.4 Å². The first-order valence-corrected chi connectivity index (χ1v) is 7.67. The molecule has 1 aromatic heterocycles. The van der Waals surface area contributed by atoms with Crippen LogP contribution in [-0.4, -0.2) is 45.4 Å². The molecular weight excluding hydrogens is 264 g/mol. The molecule has 0 radical (unpaired) electrons. The molecular formula is C16H26N4O. The maximum Gasteiger partial charge on any atom is 0.272 e. The average molecular weight is 290 g/mol. The van der Waals surface area contributed by atoms with Crippen LogP contribution >= 0.6 is 0 Å². The fraction of sp³-hybridized carbons (Fsp3) is 0.688. The Bertz CT molecular complexity index is 519. The molecule has 1 aliphatic heterocycles. The van der Waals surface area contributed by atoms with Crippen molar-refractivity contribution < 1.29 is 4.79 Å². The summed E-state index contributed by atoms with van der Waals surface area (Å²) in [4.78, 5) is 23.5. The number of aryl methyl sites for hydroxylation is 2. The Balaban J connectivity index is 2.04. The van der Waals surface area contributed by atoms with Gasteiger partial charge in [0, 0.05) is 30.9 Å². The molecule has 2 heterocycles. The van der Waals surface area contributed by atoms with Crippen molar-refractivity contribution in [2.75, 3.05) is 13.1 Å². The summed E-state index contributed by atoms with van der Waals surface area (Å²) in [5.41, 5.74) is 1.75. The second-order valence-electron chi connectivity index (χ2n) is 6.59. The number of carbonyl (C=O) groups excluding carboxylic acids is 1. The van der Waals surface area contributed by atoms with Gasteiger partial charge in [0.25, 0.3) is 5.91 Å². The van der Waals surface area contributed by atoms with Crippen molar-refractivity contribution in [3.63, 3.8) is 0 Å². The van der Waals surface area contributed by atoms with Gasteiger partial charge in [-0.1, -0.05) is 0 Å². The van der Waals surface area contributed by atoms with Crippen LogP contribution in [0.5, 0.6) is 0 Å². The number of rotatable bonds is 3. The monoisotopic (exact) mass is 290 g/mol. The molecule has 1 fully saturated rings. The van der Waals surface area contributed by atoms with E-state index in [4.69, 9.17) is 0 Å². The van der Waals surface area contributed by atoms with E-state index < -0.39 is 0 Å². The molecule has 0 bridgehead atoms. The van der Waals surface area contributed by atoms with Gasteiger partial charge in [0.1, 0.15) is 5.69 Å². The zero-order valence-corrected chi connectivity index (χ0v) is 13.7. The summed E-state index contributed by atoms with van der Waals surface area (Å²) in [5.74, 6) is -0.107. The molecule has 21 heavy (non-hydrogen) atoms. The third-order valence-electron chi connectivity index (χ3n) is 4.34. The lowest BCUT2D eigenvalue weighted by Gasteiger charge is -2.41. The summed E-state index contributed by atoms with van der Waals surface area (Å²) < 4.78 is 0. The first-order chi connectivity index (χ1) is 9.81. The van der Waals surface area contributed by atoms with Gasteiger partial charge in [-0.05, 0) is 47.5 Å². The fourth-order valence-corrected chi connectivity index (χ4v) is 2.74. The summed E-state index contributed by atoms with van der Waals surface area (Å²) in [5, 5.41) is 3.17. The van der Waals surface area contributed by atoms with E-state index in [9.17, 15) is 4.79 Å². The quantitative estimate of drug-likeness (QED) is 0.926. The molecule has 1 saturated heterocycles. The highest BCUT2D eigenvalue weighted by Crippen LogP contribution is 2.23. The van der Waals surface area contributed by atoms with Gasteiger partial charge in [0.05, 0.1) is 11.4 Å². The summed E-state index contributed by atoms with van der Waals surface area (Å²) in [6, 6.07) is 0.565. The van der Waals surface area contributed by atoms with Crippen LogP contribution in [0.2, 0.25) is 0 Å². The molecule has 0 aromatic carbocycles. The van der Waals surface area contributed by atoms with Crippen molar-refractivity contribution >= 4 is 5.91 Å². The molecule has 0 unspecified atom stereocenters. The van der Waals surface area contributed by atoms with Crippen molar-refractivity contribution in [2.24, 2.45) is 0 Å². The Morgan fingerprint density at radius 3 is 2.52 bits per heavy atom. The molecule has 0 spiro atoms. The minimum absolute atomic E-state index is 0.107. The normalized spacial score (nSPS) is 18.8. The van der Waals surface area contributed by atoms with Crippen LogP contribution in [0.15, 0.2) is 6.20 Å². The van der Waals surface area contributed by atoms with Crippen LogP contribution < -0.4 is 5.32 Å². The largest absolute Gasteiger partial charge is 0.345 e. The van der Waals surface area contributed by atoms with Crippen LogP contribution in [0.25, 0.3) is 0 Å². The van der Waals surface area contributed by atoms with E-state index in [0.29, 0.717) is 17.4 Å². The Morgan fingerprint density at radius 1 is 1.33 bits per heavy atom. The molecule has 2 rings (SSSR count). The SMILES string of the molecule is Cc1cnc(C)c(C(=O)NC2(C)CCN(C(C)C)CC2)n1. The molecule has 1 aliphatic rings. The van der Waals surface area contributed by atoms with Crippen molar-refractivity contribution in [3.8, 4) is 0 Å². The van der Waals surface area contributed by atoms with Gasteiger partial charge in [-0.2, -0.15) is 0 Å². The van der Waals surface area contributed by atoms with Crippen molar-refractivity contribution in [1.82, 2.24) is 20.2 Å². The first-order valence-electron chi connectivity index (χ1n) is 7.67. The molecule has 1 amide bonds. The molecule has 1 N–H and O–H groups in total. The van der Waals surface area contributed by atoms with E-state index in [1.54, 1.807) is 6.20 Å². The lowest BCUT2D eigenvalue weighted by Crippen LogP contribution is -2.54. The zero-order valence-electron chi connectivity index (χ0n) is 13.7. The van der Waals surface area contributed by atoms with Gasteiger partial charge < -0.3 is 10.2 Å². The van der Waals surface area contributed by atoms with E-state index in [1.165, 1.54) is 0 Å². The lowest BCUT2D eigenvalue weighted by atomic mass is 9.89. The summed E-state index contributed by atoms with van der Waals surface area (Å²) in [6.45, 7) is 12.3. The predicted molar refractivity (Wildman–Crippen MR) is 83.3 cm³/mol. The highest BCUT2D eigenvalue weighted by molar-refractivity contribution is 5.93. The number of hydrogen-bond acceptors (Lipinski definition) is 4. The topological polar surface area (TPSA) is 58.1 Å². The van der Waals surface area contributed by atoms with Gasteiger partial charge >= 0.3 is 0 Å². The summed E-state index contributed by atoms with van der Waals surface area (Å²) >= 11 is 0. The predicted octanol–water partition coefficient (Wildman–Crippen LogP) is 2.09. The maximum atomic E-state index is 12.5. The van der Waals surface area contributed by atoms with Gasteiger partial charge in [0.2, 0.25) is 0 Å². The molecule has 0 saturated carbocycles. The minimum atomic E-state index is -0.152. The third-order valence-corrected chi connectivity index (χ3v) is 4.34. The third kappa shape index (κ3) is 3.79. The molecule has 1 aromatic rings. The smallest absolute Gasteiger partial charge is 0.272 e. The standard InChI is InChI=1S/C16H26N4O/c1-11(2)20-8-6-16(5,7-9-20)19-15(21)14-13(4)17-10-12(3)18-14/h10-11H,6-9H2,1-5H3,(H,19,21). The average Bonchev–Trinajstić information content (AvgIpc) is 2.41. The number of nitrogens with zero attached hydrogens (tertiary/aromatic N) is 3. The van der Waals surface area contributed by atoms with Crippen molar-refractivity contribution in [1.29, 1.82) is 0 Å². The Hall–Kier alpha value is -1.49. The first kappa shape index (κ1) is 15.9. The van der Waals surface area contributed by atoms with E-state index in [2.05, 4.69) is 41.0 Å². The number of aromatic nitrogens is 2. The Labute approximate surface area is 127 Å².